The van der Waals surface area contributed by atoms with Gasteiger partial charge in [-0.1, -0.05) is 0 Å². The molecule has 0 saturated carbocycles. The predicted molar refractivity (Wildman–Crippen MR) is 98.6 cm³/mol. The van der Waals surface area contributed by atoms with Crippen molar-refractivity contribution in [3.63, 3.8) is 0 Å². The Morgan fingerprint density at radius 2 is 1.93 bits per heavy atom. The maximum absolute atomic E-state index is 13.2. The summed E-state index contributed by atoms with van der Waals surface area (Å²) in [5.74, 6) is 1.28. The van der Waals surface area contributed by atoms with E-state index in [2.05, 4.69) is 0 Å². The van der Waals surface area contributed by atoms with Crippen molar-refractivity contribution in [2.75, 3.05) is 13.6 Å². The topological polar surface area (TPSA) is 95.2 Å². The van der Waals surface area contributed by atoms with Crippen molar-refractivity contribution >= 4 is 23.2 Å². The molecule has 7 nitrogen and oxygen atoms in total. The predicted octanol–water partition coefficient (Wildman–Crippen LogP) is 3.14. The highest BCUT2D eigenvalue weighted by Crippen LogP contribution is 2.46. The van der Waals surface area contributed by atoms with Crippen LogP contribution in [0.1, 0.15) is 41.1 Å². The highest BCUT2D eigenvalue weighted by molar-refractivity contribution is 6.19. The van der Waals surface area contributed by atoms with Crippen LogP contribution in [0.3, 0.4) is 0 Å². The van der Waals surface area contributed by atoms with Gasteiger partial charge in [0, 0.05) is 22.4 Å². The zero-order valence-corrected chi connectivity index (χ0v) is 15.4. The van der Waals surface area contributed by atoms with Gasteiger partial charge in [-0.2, -0.15) is 0 Å². The van der Waals surface area contributed by atoms with Crippen LogP contribution in [0.4, 0.5) is 0 Å². The first-order chi connectivity index (χ1) is 13.5. The molecule has 1 heterocycles. The van der Waals surface area contributed by atoms with Gasteiger partial charge in [-0.25, -0.2) is 0 Å². The van der Waals surface area contributed by atoms with Crippen molar-refractivity contribution in [3.8, 4) is 11.5 Å². The summed E-state index contributed by atoms with van der Waals surface area (Å²) in [6, 6.07) is 10.1. The number of carbonyl (C=O) groups is 2. The molecule has 1 aliphatic rings. The molecule has 1 aliphatic carbocycles. The summed E-state index contributed by atoms with van der Waals surface area (Å²) in [5, 5.41) is 9.37. The minimum absolute atomic E-state index is 0.0982. The Bertz CT molecular complexity index is 1080. The fraction of sp³-hybridized carbons (Fsp3) is 0.238. The fourth-order valence-corrected chi connectivity index (χ4v) is 3.60. The number of furan rings is 1. The quantitative estimate of drug-likeness (QED) is 0.397. The Kier molecular flexibility index (Phi) is 4.41. The van der Waals surface area contributed by atoms with E-state index >= 15 is 0 Å². The van der Waals surface area contributed by atoms with Crippen LogP contribution >= 0.6 is 0 Å². The first-order valence-corrected chi connectivity index (χ1v) is 8.65. The van der Waals surface area contributed by atoms with Crippen molar-refractivity contribution < 1.29 is 33.3 Å². The Morgan fingerprint density at radius 3 is 2.68 bits per heavy atom. The first-order valence-electron chi connectivity index (χ1n) is 8.65. The second kappa shape index (κ2) is 6.78. The van der Waals surface area contributed by atoms with Crippen molar-refractivity contribution in [1.29, 1.82) is 0 Å². The van der Waals surface area contributed by atoms with Crippen molar-refractivity contribution in [1.82, 2.24) is 0 Å². The summed E-state index contributed by atoms with van der Waals surface area (Å²) in [7, 11) is 0. The van der Waals surface area contributed by atoms with Gasteiger partial charge in [-0.3, -0.25) is 9.59 Å². The lowest BCUT2D eigenvalue weighted by Crippen LogP contribution is -2.29. The second-order valence-corrected chi connectivity index (χ2v) is 6.94. The maximum atomic E-state index is 13.2. The number of ether oxygens (including phenoxy) is 3. The number of ketones is 1. The van der Waals surface area contributed by atoms with Gasteiger partial charge in [0.15, 0.2) is 12.6 Å². The Labute approximate surface area is 160 Å². The van der Waals surface area contributed by atoms with Gasteiger partial charge < -0.3 is 23.7 Å². The molecule has 1 N–H and O–H groups in total. The normalized spacial score (nSPS) is 14.5. The molecule has 0 spiro atoms. The largest absolute Gasteiger partial charge is 0.467 e. The molecule has 0 fully saturated rings. The molecule has 3 aromatic rings. The molecule has 0 saturated heterocycles. The SMILES string of the molecule is CC1(C)c2cc(OCOCO)ccc2C(=O)c2c1oc1cc(OC=O)ccc21. The van der Waals surface area contributed by atoms with Crippen molar-refractivity contribution in [2.24, 2.45) is 0 Å². The van der Waals surface area contributed by atoms with Gasteiger partial charge in [0.25, 0.3) is 6.47 Å². The fourth-order valence-electron chi connectivity index (χ4n) is 3.60. The highest BCUT2D eigenvalue weighted by Gasteiger charge is 2.41. The summed E-state index contributed by atoms with van der Waals surface area (Å²) in [6.45, 7) is 3.75. The van der Waals surface area contributed by atoms with Crippen LogP contribution in [-0.4, -0.2) is 30.9 Å². The van der Waals surface area contributed by atoms with Crippen LogP contribution in [-0.2, 0) is 14.9 Å². The minimum Gasteiger partial charge on any atom is -0.467 e. The van der Waals surface area contributed by atoms with E-state index in [9.17, 15) is 9.59 Å². The van der Waals surface area contributed by atoms with E-state index in [4.69, 9.17) is 23.7 Å². The number of rotatable bonds is 6. The van der Waals surface area contributed by atoms with E-state index in [1.807, 2.05) is 13.8 Å². The highest BCUT2D eigenvalue weighted by atomic mass is 16.7. The number of hydrogen-bond acceptors (Lipinski definition) is 7. The van der Waals surface area contributed by atoms with Crippen LogP contribution in [0.25, 0.3) is 11.0 Å². The molecular weight excluding hydrogens is 364 g/mol. The average molecular weight is 382 g/mol. The third kappa shape index (κ3) is 2.76. The molecule has 7 heteroatoms. The van der Waals surface area contributed by atoms with E-state index in [0.717, 1.165) is 5.56 Å². The third-order valence-corrected chi connectivity index (χ3v) is 4.95. The number of aliphatic hydroxyl groups is 1. The van der Waals surface area contributed by atoms with Gasteiger partial charge in [0.1, 0.15) is 29.6 Å². The summed E-state index contributed by atoms with van der Waals surface area (Å²) in [4.78, 5) is 23.8. The molecule has 0 atom stereocenters. The molecule has 1 aromatic heterocycles. The molecule has 28 heavy (non-hydrogen) atoms. The summed E-state index contributed by atoms with van der Waals surface area (Å²) >= 11 is 0. The van der Waals surface area contributed by atoms with E-state index in [1.165, 1.54) is 0 Å². The zero-order valence-electron chi connectivity index (χ0n) is 15.4. The smallest absolute Gasteiger partial charge is 0.298 e. The lowest BCUT2D eigenvalue weighted by atomic mass is 9.72. The molecule has 0 bridgehead atoms. The molecule has 0 amide bonds. The maximum Gasteiger partial charge on any atom is 0.298 e. The van der Waals surface area contributed by atoms with Crippen LogP contribution in [0.2, 0.25) is 0 Å². The van der Waals surface area contributed by atoms with Gasteiger partial charge in [-0.15, -0.1) is 0 Å². The van der Waals surface area contributed by atoms with Gasteiger partial charge >= 0.3 is 0 Å². The number of fused-ring (bicyclic) bond motifs is 4. The van der Waals surface area contributed by atoms with Crippen LogP contribution in [0.5, 0.6) is 11.5 Å². The van der Waals surface area contributed by atoms with Crippen molar-refractivity contribution in [3.05, 3.63) is 58.8 Å². The van der Waals surface area contributed by atoms with Crippen LogP contribution in [0, 0.1) is 0 Å². The zero-order chi connectivity index (χ0) is 19.9. The van der Waals surface area contributed by atoms with E-state index in [0.29, 0.717) is 45.8 Å². The molecule has 2 aromatic carbocycles. The Hall–Kier alpha value is -3.16. The van der Waals surface area contributed by atoms with Crippen LogP contribution in [0.15, 0.2) is 40.8 Å². The summed E-state index contributed by atoms with van der Waals surface area (Å²) in [5.41, 5.74) is 1.74. The summed E-state index contributed by atoms with van der Waals surface area (Å²) in [6.07, 6.45) is 0. The van der Waals surface area contributed by atoms with E-state index in [-0.39, 0.29) is 12.6 Å². The molecule has 144 valence electrons. The van der Waals surface area contributed by atoms with Gasteiger partial charge in [-0.05, 0) is 49.7 Å². The standard InChI is InChI=1S/C21H18O7/c1-21(2)16-7-12(27-11-25-9-22)3-5-14(16)19(24)18-15-6-4-13(26-10-23)8-17(15)28-20(18)21/h3-8,10,22H,9,11H2,1-2H3. The number of benzene rings is 2. The minimum atomic E-state index is -0.597. The number of hydrogen-bond donors (Lipinski definition) is 1. The molecule has 0 aliphatic heterocycles. The summed E-state index contributed by atoms with van der Waals surface area (Å²) < 4.78 is 21.2. The first kappa shape index (κ1) is 18.2. The second-order valence-electron chi connectivity index (χ2n) is 6.94. The van der Waals surface area contributed by atoms with Gasteiger partial charge in [0.05, 0.1) is 5.56 Å². The monoisotopic (exact) mass is 382 g/mol. The Balaban J connectivity index is 1.83. The molecule has 0 unspecified atom stereocenters. The molecule has 4 rings (SSSR count). The van der Waals surface area contributed by atoms with Gasteiger partial charge in [0.2, 0.25) is 0 Å². The van der Waals surface area contributed by atoms with Crippen LogP contribution < -0.4 is 9.47 Å². The lowest BCUT2D eigenvalue weighted by Gasteiger charge is -2.30. The molecular formula is C21H18O7. The third-order valence-electron chi connectivity index (χ3n) is 4.95. The Morgan fingerprint density at radius 1 is 1.14 bits per heavy atom. The number of aliphatic hydroxyl groups excluding tert-OH is 1. The average Bonchev–Trinajstić information content (AvgIpc) is 3.07. The molecule has 0 radical (unpaired) electrons. The number of carbonyl (C=O) groups excluding carboxylic acids is 2. The lowest BCUT2D eigenvalue weighted by molar-refractivity contribution is -0.120. The van der Waals surface area contributed by atoms with E-state index < -0.39 is 12.2 Å². The van der Waals surface area contributed by atoms with E-state index in [1.54, 1.807) is 36.4 Å². The van der Waals surface area contributed by atoms with Crippen molar-refractivity contribution in [2.45, 2.75) is 19.3 Å².